The number of ketones is 1. The highest BCUT2D eigenvalue weighted by Gasteiger charge is 2.18. The Morgan fingerprint density at radius 2 is 1.70 bits per heavy atom. The number of methoxy groups -OCH3 is 1. The molecule has 0 N–H and O–H groups in total. The van der Waals surface area contributed by atoms with Gasteiger partial charge >= 0.3 is 0 Å². The van der Waals surface area contributed by atoms with E-state index in [0.717, 1.165) is 19.0 Å². The van der Waals surface area contributed by atoms with Gasteiger partial charge in [0, 0.05) is 19.0 Å². The van der Waals surface area contributed by atoms with Crippen LogP contribution in [-0.4, -0.2) is 12.9 Å². The quantitative estimate of drug-likeness (QED) is 0.561. The molecule has 0 saturated heterocycles. The summed E-state index contributed by atoms with van der Waals surface area (Å²) < 4.78 is 7.82. The van der Waals surface area contributed by atoms with E-state index in [2.05, 4.69) is 47.8 Å². The lowest BCUT2D eigenvalue weighted by molar-refractivity contribution is 0.103. The fourth-order valence-corrected chi connectivity index (χ4v) is 2.95. The third kappa shape index (κ3) is 3.15. The minimum Gasteiger partial charge on any atom is -0.496 e. The Labute approximate surface area is 142 Å². The molecule has 0 atom stereocenters. The van der Waals surface area contributed by atoms with Crippen molar-refractivity contribution in [1.29, 1.82) is 0 Å². The summed E-state index contributed by atoms with van der Waals surface area (Å²) in [6.45, 7) is 1.95. The average molecular weight is 463 g/mol. The van der Waals surface area contributed by atoms with Crippen molar-refractivity contribution in [3.8, 4) is 5.75 Å². The molecule has 2 rings (SSSR count). The number of halogens is 3. The number of carbonyl (C=O) groups excluding carboxylic acids is 1. The van der Waals surface area contributed by atoms with E-state index in [0.29, 0.717) is 16.9 Å². The number of carbonyl (C=O) groups is 1. The van der Waals surface area contributed by atoms with Crippen LogP contribution in [0.3, 0.4) is 0 Å². The molecule has 0 unspecified atom stereocenters. The number of hydrogen-bond acceptors (Lipinski definition) is 2. The van der Waals surface area contributed by atoms with Crippen LogP contribution in [0.2, 0.25) is 0 Å². The molecule has 0 fully saturated rings. The maximum absolute atomic E-state index is 12.7. The topological polar surface area (TPSA) is 26.3 Å². The molecule has 0 heterocycles. The molecule has 0 bridgehead atoms. The molecule has 0 aliphatic heterocycles. The highest BCUT2D eigenvalue weighted by molar-refractivity contribution is 9.11. The van der Waals surface area contributed by atoms with Crippen molar-refractivity contribution in [3.05, 3.63) is 60.4 Å². The first-order chi connectivity index (χ1) is 9.43. The van der Waals surface area contributed by atoms with Crippen molar-refractivity contribution >= 4 is 53.6 Å². The molecule has 2 aromatic rings. The van der Waals surface area contributed by atoms with E-state index in [9.17, 15) is 4.79 Å². The van der Waals surface area contributed by atoms with E-state index in [4.69, 9.17) is 4.74 Å². The average Bonchev–Trinajstić information content (AvgIpc) is 2.43. The van der Waals surface area contributed by atoms with Gasteiger partial charge in [-0.05, 0) is 42.8 Å². The van der Waals surface area contributed by atoms with Crippen LogP contribution in [0.5, 0.6) is 5.75 Å². The number of benzene rings is 2. The summed E-state index contributed by atoms with van der Waals surface area (Å²) in [7, 11) is 1.56. The lowest BCUT2D eigenvalue weighted by atomic mass is 10.0. The van der Waals surface area contributed by atoms with Crippen LogP contribution < -0.4 is 4.74 Å². The minimum atomic E-state index is -0.0873. The van der Waals surface area contributed by atoms with E-state index < -0.39 is 0 Å². The first kappa shape index (κ1) is 15.7. The van der Waals surface area contributed by atoms with Crippen molar-refractivity contribution in [2.45, 2.75) is 6.92 Å². The lowest BCUT2D eigenvalue weighted by Gasteiger charge is -2.11. The molecule has 0 aliphatic carbocycles. The summed E-state index contributed by atoms with van der Waals surface area (Å²) in [4.78, 5) is 12.7. The maximum Gasteiger partial charge on any atom is 0.197 e. The first-order valence-corrected chi connectivity index (χ1v) is 8.16. The van der Waals surface area contributed by atoms with Crippen molar-refractivity contribution in [2.24, 2.45) is 0 Å². The zero-order valence-corrected chi connectivity index (χ0v) is 15.6. The molecule has 2 aromatic carbocycles. The zero-order chi connectivity index (χ0) is 14.9. The predicted molar refractivity (Wildman–Crippen MR) is 90.7 cm³/mol. The SMILES string of the molecule is COc1cc(C)c(Br)cc1C(=O)c1cc(Br)ccc1Br. The molecule has 0 aromatic heterocycles. The van der Waals surface area contributed by atoms with E-state index >= 15 is 0 Å². The Bertz CT molecular complexity index is 681. The van der Waals surface area contributed by atoms with Crippen molar-refractivity contribution < 1.29 is 9.53 Å². The fourth-order valence-electron chi connectivity index (χ4n) is 1.82. The van der Waals surface area contributed by atoms with Gasteiger partial charge in [0.15, 0.2) is 5.78 Å². The Morgan fingerprint density at radius 3 is 2.35 bits per heavy atom. The molecule has 0 saturated carbocycles. The van der Waals surface area contributed by atoms with Gasteiger partial charge in [0.05, 0.1) is 12.7 Å². The summed E-state index contributed by atoms with van der Waals surface area (Å²) in [5, 5.41) is 0. The third-order valence-electron chi connectivity index (χ3n) is 2.90. The van der Waals surface area contributed by atoms with Gasteiger partial charge in [-0.2, -0.15) is 0 Å². The van der Waals surface area contributed by atoms with Crippen LogP contribution in [-0.2, 0) is 0 Å². The Balaban J connectivity index is 2.58. The minimum absolute atomic E-state index is 0.0873. The van der Waals surface area contributed by atoms with E-state index in [1.165, 1.54) is 0 Å². The van der Waals surface area contributed by atoms with E-state index in [1.54, 1.807) is 19.2 Å². The summed E-state index contributed by atoms with van der Waals surface area (Å²) in [5.41, 5.74) is 2.14. The predicted octanol–water partition coefficient (Wildman–Crippen LogP) is 5.52. The fraction of sp³-hybridized carbons (Fsp3) is 0.133. The summed E-state index contributed by atoms with van der Waals surface area (Å²) in [6, 6.07) is 9.16. The monoisotopic (exact) mass is 460 g/mol. The number of aryl methyl sites for hydroxylation is 1. The number of hydrogen-bond donors (Lipinski definition) is 0. The van der Waals surface area contributed by atoms with Crippen LogP contribution in [0.4, 0.5) is 0 Å². The summed E-state index contributed by atoms with van der Waals surface area (Å²) in [6.07, 6.45) is 0. The molecule has 104 valence electrons. The van der Waals surface area contributed by atoms with Crippen LogP contribution in [0.25, 0.3) is 0 Å². The Morgan fingerprint density at radius 1 is 1.00 bits per heavy atom. The lowest BCUT2D eigenvalue weighted by Crippen LogP contribution is -2.05. The van der Waals surface area contributed by atoms with Gasteiger partial charge in [-0.15, -0.1) is 0 Å². The second kappa shape index (κ2) is 6.41. The zero-order valence-electron chi connectivity index (χ0n) is 10.8. The van der Waals surface area contributed by atoms with Crippen molar-refractivity contribution in [3.63, 3.8) is 0 Å². The van der Waals surface area contributed by atoms with E-state index in [1.807, 2.05) is 25.1 Å². The normalized spacial score (nSPS) is 10.4. The summed E-state index contributed by atoms with van der Waals surface area (Å²) in [5.74, 6) is 0.485. The largest absolute Gasteiger partial charge is 0.496 e. The van der Waals surface area contributed by atoms with Crippen LogP contribution in [0, 0.1) is 6.92 Å². The molecule has 0 radical (unpaired) electrons. The molecule has 2 nitrogen and oxygen atoms in total. The van der Waals surface area contributed by atoms with Gasteiger partial charge in [-0.3, -0.25) is 4.79 Å². The second-order valence-corrected chi connectivity index (χ2v) is 6.88. The van der Waals surface area contributed by atoms with Crippen LogP contribution in [0.1, 0.15) is 21.5 Å². The molecular weight excluding hydrogens is 452 g/mol. The van der Waals surface area contributed by atoms with Crippen molar-refractivity contribution in [1.82, 2.24) is 0 Å². The second-order valence-electron chi connectivity index (χ2n) is 4.25. The number of ether oxygens (including phenoxy) is 1. The molecule has 0 aliphatic rings. The van der Waals surface area contributed by atoms with Gasteiger partial charge in [-0.1, -0.05) is 47.8 Å². The molecule has 0 amide bonds. The molecule has 0 spiro atoms. The first-order valence-electron chi connectivity index (χ1n) is 5.78. The standard InChI is InChI=1S/C15H11Br3O2/c1-8-5-14(20-2)11(7-13(8)18)15(19)10-6-9(16)3-4-12(10)17/h3-7H,1-2H3. The van der Waals surface area contributed by atoms with Gasteiger partial charge < -0.3 is 4.74 Å². The maximum atomic E-state index is 12.7. The highest BCUT2D eigenvalue weighted by Crippen LogP contribution is 2.31. The van der Waals surface area contributed by atoms with Crippen molar-refractivity contribution in [2.75, 3.05) is 7.11 Å². The van der Waals surface area contributed by atoms with Gasteiger partial charge in [0.1, 0.15) is 5.75 Å². The van der Waals surface area contributed by atoms with Gasteiger partial charge in [0.25, 0.3) is 0 Å². The molecule has 5 heteroatoms. The third-order valence-corrected chi connectivity index (χ3v) is 4.94. The summed E-state index contributed by atoms with van der Waals surface area (Å²) >= 11 is 10.3. The highest BCUT2D eigenvalue weighted by atomic mass is 79.9. The van der Waals surface area contributed by atoms with Crippen LogP contribution >= 0.6 is 47.8 Å². The molecular formula is C15H11Br3O2. The van der Waals surface area contributed by atoms with E-state index in [-0.39, 0.29) is 5.78 Å². The Hall–Kier alpha value is -0.650. The van der Waals surface area contributed by atoms with Gasteiger partial charge in [-0.25, -0.2) is 0 Å². The number of rotatable bonds is 3. The van der Waals surface area contributed by atoms with Crippen LogP contribution in [0.15, 0.2) is 43.7 Å². The smallest absolute Gasteiger partial charge is 0.197 e. The molecule has 20 heavy (non-hydrogen) atoms. The van der Waals surface area contributed by atoms with Gasteiger partial charge in [0.2, 0.25) is 0 Å². The Kier molecular flexibility index (Phi) is 5.04.